The summed E-state index contributed by atoms with van der Waals surface area (Å²) in [5, 5.41) is 11.8. The summed E-state index contributed by atoms with van der Waals surface area (Å²) in [7, 11) is 0. The minimum atomic E-state index is -0.505. The largest absolute Gasteiger partial charge is 0.460 e. The molecular formula is C14H13NO5. The SMILES string of the molecule is CCOC(=O)c1oc2ccc([N+](=O)[O-])c3c2c1CCC3. The number of nitro benzene ring substituents is 1. The maximum atomic E-state index is 11.9. The molecule has 1 aliphatic carbocycles. The lowest BCUT2D eigenvalue weighted by molar-refractivity contribution is -0.385. The van der Waals surface area contributed by atoms with Crippen molar-refractivity contribution in [3.8, 4) is 0 Å². The van der Waals surface area contributed by atoms with Crippen LogP contribution in [0.5, 0.6) is 0 Å². The standard InChI is InChI=1S/C14H13NO5/c1-2-19-14(16)13-9-5-3-4-8-10(15(17)18)6-7-11(20-13)12(8)9/h6-7H,2-5H2,1H3. The van der Waals surface area contributed by atoms with Crippen molar-refractivity contribution >= 4 is 22.6 Å². The van der Waals surface area contributed by atoms with Crippen LogP contribution in [-0.2, 0) is 17.6 Å². The normalized spacial score (nSPS) is 13.4. The lowest BCUT2D eigenvalue weighted by atomic mass is 9.90. The van der Waals surface area contributed by atoms with E-state index in [4.69, 9.17) is 9.15 Å². The van der Waals surface area contributed by atoms with Crippen LogP contribution in [0.2, 0.25) is 0 Å². The summed E-state index contributed by atoms with van der Waals surface area (Å²) in [5.41, 5.74) is 2.01. The van der Waals surface area contributed by atoms with Crippen LogP contribution in [0, 0.1) is 10.1 Å². The predicted octanol–water partition coefficient (Wildman–Crippen LogP) is 3.01. The van der Waals surface area contributed by atoms with Crippen LogP contribution in [0.1, 0.15) is 35.0 Å². The Balaban J connectivity index is 2.26. The first-order valence-electron chi connectivity index (χ1n) is 6.52. The van der Waals surface area contributed by atoms with Crippen LogP contribution in [0.3, 0.4) is 0 Å². The van der Waals surface area contributed by atoms with Gasteiger partial charge in [-0.1, -0.05) is 0 Å². The van der Waals surface area contributed by atoms with Crippen molar-refractivity contribution in [1.29, 1.82) is 0 Å². The lowest BCUT2D eigenvalue weighted by Gasteiger charge is -2.11. The third kappa shape index (κ3) is 1.76. The number of benzene rings is 1. The number of hydrogen-bond donors (Lipinski definition) is 0. The Kier molecular flexibility index (Phi) is 2.93. The van der Waals surface area contributed by atoms with E-state index in [0.717, 1.165) is 12.0 Å². The van der Waals surface area contributed by atoms with E-state index in [1.54, 1.807) is 13.0 Å². The fraction of sp³-hybridized carbons (Fsp3) is 0.357. The molecule has 3 rings (SSSR count). The molecule has 1 aromatic heterocycles. The molecule has 1 aromatic carbocycles. The molecular weight excluding hydrogens is 262 g/mol. The first kappa shape index (κ1) is 12.7. The number of ether oxygens (including phenoxy) is 1. The van der Waals surface area contributed by atoms with E-state index in [1.807, 2.05) is 0 Å². The Labute approximate surface area is 114 Å². The summed E-state index contributed by atoms with van der Waals surface area (Å²) in [6, 6.07) is 2.99. The molecule has 6 heteroatoms. The average molecular weight is 275 g/mol. The number of furan rings is 1. The van der Waals surface area contributed by atoms with E-state index < -0.39 is 5.97 Å². The Morgan fingerprint density at radius 2 is 2.15 bits per heavy atom. The molecule has 0 bridgehead atoms. The molecule has 0 spiro atoms. The second-order valence-electron chi connectivity index (χ2n) is 4.68. The summed E-state index contributed by atoms with van der Waals surface area (Å²) in [6.45, 7) is 1.99. The van der Waals surface area contributed by atoms with Gasteiger partial charge in [0.1, 0.15) is 5.58 Å². The molecule has 104 valence electrons. The third-order valence-corrected chi connectivity index (χ3v) is 3.55. The molecule has 0 fully saturated rings. The molecule has 6 nitrogen and oxygen atoms in total. The highest BCUT2D eigenvalue weighted by Crippen LogP contribution is 2.39. The van der Waals surface area contributed by atoms with Gasteiger partial charge >= 0.3 is 5.97 Å². The first-order valence-corrected chi connectivity index (χ1v) is 6.52. The molecule has 1 aliphatic rings. The third-order valence-electron chi connectivity index (χ3n) is 3.55. The van der Waals surface area contributed by atoms with Gasteiger partial charge in [0.05, 0.1) is 11.5 Å². The highest BCUT2D eigenvalue weighted by Gasteiger charge is 2.29. The van der Waals surface area contributed by atoms with E-state index in [-0.39, 0.29) is 23.0 Å². The molecule has 0 N–H and O–H groups in total. The van der Waals surface area contributed by atoms with Gasteiger partial charge in [0.25, 0.3) is 5.69 Å². The van der Waals surface area contributed by atoms with Crippen LogP contribution in [0.4, 0.5) is 5.69 Å². The topological polar surface area (TPSA) is 82.6 Å². The van der Waals surface area contributed by atoms with Crippen LogP contribution < -0.4 is 0 Å². The number of nitrogens with zero attached hydrogens (tertiary/aromatic N) is 1. The van der Waals surface area contributed by atoms with Crippen LogP contribution in [0.15, 0.2) is 16.5 Å². The average Bonchev–Trinajstić information content (AvgIpc) is 2.80. The van der Waals surface area contributed by atoms with Gasteiger partial charge in [-0.15, -0.1) is 0 Å². The summed E-state index contributed by atoms with van der Waals surface area (Å²) < 4.78 is 10.5. The molecule has 2 aromatic rings. The maximum absolute atomic E-state index is 11.9. The highest BCUT2D eigenvalue weighted by atomic mass is 16.6. The second-order valence-corrected chi connectivity index (χ2v) is 4.68. The summed E-state index contributed by atoms with van der Waals surface area (Å²) in [4.78, 5) is 22.6. The number of nitro groups is 1. The van der Waals surface area contributed by atoms with Crippen molar-refractivity contribution in [3.05, 3.63) is 39.1 Å². The molecule has 20 heavy (non-hydrogen) atoms. The second kappa shape index (κ2) is 4.63. The van der Waals surface area contributed by atoms with E-state index in [2.05, 4.69) is 0 Å². The van der Waals surface area contributed by atoms with Crippen molar-refractivity contribution in [2.24, 2.45) is 0 Å². The minimum absolute atomic E-state index is 0.0923. The molecule has 0 radical (unpaired) electrons. The summed E-state index contributed by atoms with van der Waals surface area (Å²) in [5.74, 6) is -0.322. The molecule has 0 saturated carbocycles. The number of esters is 1. The highest BCUT2D eigenvalue weighted by molar-refractivity contribution is 5.99. The summed E-state index contributed by atoms with van der Waals surface area (Å²) >= 11 is 0. The molecule has 0 amide bonds. The smallest absolute Gasteiger partial charge is 0.374 e. The number of aryl methyl sites for hydroxylation is 2. The van der Waals surface area contributed by atoms with E-state index in [9.17, 15) is 14.9 Å². The zero-order chi connectivity index (χ0) is 14.3. The quantitative estimate of drug-likeness (QED) is 0.488. The monoisotopic (exact) mass is 275 g/mol. The van der Waals surface area contributed by atoms with E-state index in [0.29, 0.717) is 29.4 Å². The van der Waals surface area contributed by atoms with Crippen molar-refractivity contribution < 1.29 is 18.9 Å². The molecule has 1 heterocycles. The van der Waals surface area contributed by atoms with Gasteiger partial charge in [0.15, 0.2) is 0 Å². The van der Waals surface area contributed by atoms with Gasteiger partial charge in [-0.2, -0.15) is 0 Å². The van der Waals surface area contributed by atoms with Gasteiger partial charge < -0.3 is 9.15 Å². The molecule has 0 atom stereocenters. The van der Waals surface area contributed by atoms with E-state index >= 15 is 0 Å². The van der Waals surface area contributed by atoms with E-state index in [1.165, 1.54) is 6.07 Å². The number of carbonyl (C=O) groups is 1. The van der Waals surface area contributed by atoms with Gasteiger partial charge in [-0.25, -0.2) is 4.79 Å². The van der Waals surface area contributed by atoms with Crippen molar-refractivity contribution in [1.82, 2.24) is 0 Å². The Morgan fingerprint density at radius 3 is 2.85 bits per heavy atom. The fourth-order valence-corrected chi connectivity index (χ4v) is 2.78. The van der Waals surface area contributed by atoms with Crippen molar-refractivity contribution in [3.63, 3.8) is 0 Å². The first-order chi connectivity index (χ1) is 9.63. The molecule has 0 aliphatic heterocycles. The predicted molar refractivity (Wildman–Crippen MR) is 70.8 cm³/mol. The number of carbonyl (C=O) groups excluding carboxylic acids is 1. The fourth-order valence-electron chi connectivity index (χ4n) is 2.78. The Bertz CT molecular complexity index is 716. The van der Waals surface area contributed by atoms with Crippen LogP contribution in [-0.4, -0.2) is 17.5 Å². The van der Waals surface area contributed by atoms with Gasteiger partial charge in [-0.05, 0) is 32.3 Å². The number of hydrogen-bond acceptors (Lipinski definition) is 5. The molecule has 0 saturated heterocycles. The van der Waals surface area contributed by atoms with Gasteiger partial charge in [0.2, 0.25) is 5.76 Å². The van der Waals surface area contributed by atoms with Gasteiger partial charge in [-0.3, -0.25) is 10.1 Å². The number of rotatable bonds is 3. The Hall–Kier alpha value is -2.37. The molecule has 0 unspecified atom stereocenters. The zero-order valence-electron chi connectivity index (χ0n) is 11.0. The lowest BCUT2D eigenvalue weighted by Crippen LogP contribution is -2.09. The van der Waals surface area contributed by atoms with Crippen molar-refractivity contribution in [2.75, 3.05) is 6.61 Å². The van der Waals surface area contributed by atoms with Gasteiger partial charge in [0, 0.05) is 22.6 Å². The van der Waals surface area contributed by atoms with Crippen LogP contribution in [0.25, 0.3) is 11.0 Å². The Morgan fingerprint density at radius 1 is 1.40 bits per heavy atom. The van der Waals surface area contributed by atoms with Crippen LogP contribution >= 0.6 is 0 Å². The minimum Gasteiger partial charge on any atom is -0.460 e. The summed E-state index contributed by atoms with van der Waals surface area (Å²) in [6.07, 6.45) is 2.07. The maximum Gasteiger partial charge on any atom is 0.374 e. The zero-order valence-corrected chi connectivity index (χ0v) is 11.0. The van der Waals surface area contributed by atoms with Crippen molar-refractivity contribution in [2.45, 2.75) is 26.2 Å².